The summed E-state index contributed by atoms with van der Waals surface area (Å²) < 4.78 is 5.95. The Morgan fingerprint density at radius 3 is 2.57 bits per heavy atom. The third-order valence-corrected chi connectivity index (χ3v) is 7.92. The van der Waals surface area contributed by atoms with Crippen molar-refractivity contribution in [3.63, 3.8) is 0 Å². The molecule has 1 aliphatic heterocycles. The summed E-state index contributed by atoms with van der Waals surface area (Å²) in [5, 5.41) is 0. The van der Waals surface area contributed by atoms with Gasteiger partial charge in [0.15, 0.2) is 5.78 Å². The number of hydrogen-bond donors (Lipinski definition) is 0. The number of carbonyl (C=O) groups excluding carboxylic acids is 2. The Labute approximate surface area is 138 Å². The van der Waals surface area contributed by atoms with Gasteiger partial charge >= 0.3 is 0 Å². The van der Waals surface area contributed by atoms with Crippen LogP contribution >= 0.6 is 0 Å². The van der Waals surface area contributed by atoms with Gasteiger partial charge in [-0.2, -0.15) is 0 Å². The molecule has 5 atom stereocenters. The zero-order valence-electron chi connectivity index (χ0n) is 14.8. The van der Waals surface area contributed by atoms with Crippen molar-refractivity contribution < 1.29 is 14.3 Å². The molecule has 4 aliphatic rings. The summed E-state index contributed by atoms with van der Waals surface area (Å²) in [7, 11) is 0. The maximum Gasteiger partial charge on any atom is 0.167 e. The Bertz CT molecular complexity index is 616. The van der Waals surface area contributed by atoms with Crippen molar-refractivity contribution in [2.75, 3.05) is 6.61 Å². The highest BCUT2D eigenvalue weighted by Crippen LogP contribution is 2.63. The lowest BCUT2D eigenvalue weighted by Gasteiger charge is -2.59. The summed E-state index contributed by atoms with van der Waals surface area (Å²) >= 11 is 0. The van der Waals surface area contributed by atoms with Gasteiger partial charge in [-0.3, -0.25) is 9.59 Å². The van der Waals surface area contributed by atoms with E-state index in [9.17, 15) is 9.59 Å². The lowest BCUT2D eigenvalue weighted by molar-refractivity contribution is -0.145. The number of hydrogen-bond acceptors (Lipinski definition) is 3. The van der Waals surface area contributed by atoms with Gasteiger partial charge in [-0.15, -0.1) is 0 Å². The van der Waals surface area contributed by atoms with Crippen LogP contribution in [0.2, 0.25) is 0 Å². The van der Waals surface area contributed by atoms with Gasteiger partial charge in [0, 0.05) is 11.8 Å². The van der Waals surface area contributed by atoms with Gasteiger partial charge in [0.2, 0.25) is 0 Å². The largest absolute Gasteiger partial charge is 0.365 e. The van der Waals surface area contributed by atoms with E-state index in [1.807, 2.05) is 0 Å². The van der Waals surface area contributed by atoms with Crippen molar-refractivity contribution >= 4 is 11.6 Å². The van der Waals surface area contributed by atoms with Crippen molar-refractivity contribution in [3.8, 4) is 0 Å². The van der Waals surface area contributed by atoms with E-state index in [1.165, 1.54) is 5.57 Å². The Kier molecular flexibility index (Phi) is 3.09. The van der Waals surface area contributed by atoms with Crippen LogP contribution in [-0.2, 0) is 14.3 Å². The summed E-state index contributed by atoms with van der Waals surface area (Å²) in [5.41, 5.74) is 0.986. The maximum absolute atomic E-state index is 12.5. The molecule has 3 nitrogen and oxygen atoms in total. The minimum atomic E-state index is -0.314. The molecule has 0 aromatic heterocycles. The third-order valence-electron chi connectivity index (χ3n) is 7.92. The molecule has 0 bridgehead atoms. The van der Waals surface area contributed by atoms with E-state index >= 15 is 0 Å². The fourth-order valence-electron chi connectivity index (χ4n) is 6.27. The summed E-state index contributed by atoms with van der Waals surface area (Å²) in [6.45, 7) is 9.03. The average molecular weight is 316 g/mol. The Hall–Kier alpha value is -0.960. The SMILES string of the molecule is CC1(C)C(=O)CC[C@]2(C)[C@H]3CC[C@]4(C)C(=O)CO[C@@H]4C3=CC[C@@H]12. The van der Waals surface area contributed by atoms with Crippen molar-refractivity contribution in [2.45, 2.75) is 65.9 Å². The summed E-state index contributed by atoms with van der Waals surface area (Å²) in [4.78, 5) is 24.8. The molecule has 2 saturated carbocycles. The zero-order valence-corrected chi connectivity index (χ0v) is 14.8. The van der Waals surface area contributed by atoms with Gasteiger partial charge in [0.05, 0.1) is 11.5 Å². The summed E-state index contributed by atoms with van der Waals surface area (Å²) in [5.74, 6) is 1.57. The predicted octanol–water partition coefficient (Wildman–Crippen LogP) is 3.71. The lowest BCUT2D eigenvalue weighted by atomic mass is 9.45. The van der Waals surface area contributed by atoms with E-state index in [0.29, 0.717) is 24.0 Å². The number of rotatable bonds is 0. The smallest absolute Gasteiger partial charge is 0.167 e. The second-order valence-corrected chi connectivity index (χ2v) is 9.27. The van der Waals surface area contributed by atoms with Gasteiger partial charge in [-0.1, -0.05) is 26.8 Å². The van der Waals surface area contributed by atoms with E-state index in [4.69, 9.17) is 4.74 Å². The topological polar surface area (TPSA) is 43.4 Å². The van der Waals surface area contributed by atoms with Crippen LogP contribution in [-0.4, -0.2) is 24.3 Å². The molecule has 0 N–H and O–H groups in total. The standard InChI is InChI=1S/C20H28O3/c1-18(2)14-6-5-12-13(19(14,3)10-8-15(18)21)7-9-20(4)16(22)11-23-17(12)20/h5,13-14,17H,6-11H2,1-4H3/t13-,14-,17+,19+,20+/m0/s1. The zero-order chi connectivity index (χ0) is 16.6. The van der Waals surface area contributed by atoms with Gasteiger partial charge < -0.3 is 4.74 Å². The Balaban J connectivity index is 1.76. The lowest BCUT2D eigenvalue weighted by Crippen LogP contribution is -2.56. The van der Waals surface area contributed by atoms with E-state index < -0.39 is 0 Å². The van der Waals surface area contributed by atoms with Crippen LogP contribution in [0, 0.1) is 28.1 Å². The molecule has 0 unspecified atom stereocenters. The molecular weight excluding hydrogens is 288 g/mol. The molecule has 0 aromatic carbocycles. The van der Waals surface area contributed by atoms with E-state index in [-0.39, 0.29) is 34.7 Å². The number of Topliss-reactive ketones (excluding diaryl/α,β-unsaturated/α-hetero) is 2. The van der Waals surface area contributed by atoms with Crippen molar-refractivity contribution in [1.82, 2.24) is 0 Å². The second-order valence-electron chi connectivity index (χ2n) is 9.27. The number of fused-ring (bicyclic) bond motifs is 5. The monoisotopic (exact) mass is 316 g/mol. The first-order valence-corrected chi connectivity index (χ1v) is 9.09. The fraction of sp³-hybridized carbons (Fsp3) is 0.800. The highest BCUT2D eigenvalue weighted by Gasteiger charge is 2.61. The van der Waals surface area contributed by atoms with Crippen LogP contribution in [0.25, 0.3) is 0 Å². The normalized spacial score (nSPS) is 48.3. The van der Waals surface area contributed by atoms with Crippen LogP contribution in [0.15, 0.2) is 11.6 Å². The molecule has 1 heterocycles. The van der Waals surface area contributed by atoms with Gasteiger partial charge in [-0.05, 0) is 55.4 Å². The summed E-state index contributed by atoms with van der Waals surface area (Å²) in [6.07, 6.45) is 6.93. The molecule has 1 saturated heterocycles. The number of carbonyl (C=O) groups is 2. The van der Waals surface area contributed by atoms with Crippen LogP contribution in [0.1, 0.15) is 59.8 Å². The Morgan fingerprint density at radius 1 is 1.09 bits per heavy atom. The minimum absolute atomic E-state index is 0.0211. The highest BCUT2D eigenvalue weighted by molar-refractivity contribution is 5.89. The summed E-state index contributed by atoms with van der Waals surface area (Å²) in [6, 6.07) is 0. The fourth-order valence-corrected chi connectivity index (χ4v) is 6.27. The maximum atomic E-state index is 12.5. The van der Waals surface area contributed by atoms with Crippen LogP contribution in [0.5, 0.6) is 0 Å². The first kappa shape index (κ1) is 15.6. The van der Waals surface area contributed by atoms with Crippen molar-refractivity contribution in [3.05, 3.63) is 11.6 Å². The molecule has 3 heteroatoms. The molecule has 3 aliphatic carbocycles. The van der Waals surface area contributed by atoms with Crippen LogP contribution < -0.4 is 0 Å². The van der Waals surface area contributed by atoms with Crippen LogP contribution in [0.4, 0.5) is 0 Å². The first-order chi connectivity index (χ1) is 10.7. The minimum Gasteiger partial charge on any atom is -0.365 e. The molecule has 4 rings (SSSR count). The third kappa shape index (κ3) is 1.80. The van der Waals surface area contributed by atoms with Crippen LogP contribution in [0.3, 0.4) is 0 Å². The molecule has 3 fully saturated rings. The molecule has 0 spiro atoms. The molecule has 0 radical (unpaired) electrons. The highest BCUT2D eigenvalue weighted by atomic mass is 16.5. The van der Waals surface area contributed by atoms with E-state index in [1.54, 1.807) is 0 Å². The molecular formula is C20H28O3. The quantitative estimate of drug-likeness (QED) is 0.640. The van der Waals surface area contributed by atoms with Gasteiger partial charge in [0.1, 0.15) is 12.4 Å². The van der Waals surface area contributed by atoms with E-state index in [2.05, 4.69) is 33.8 Å². The van der Waals surface area contributed by atoms with Gasteiger partial charge in [-0.25, -0.2) is 0 Å². The molecule has 126 valence electrons. The molecule has 23 heavy (non-hydrogen) atoms. The molecule has 0 aromatic rings. The second kappa shape index (κ2) is 4.56. The van der Waals surface area contributed by atoms with Crippen molar-refractivity contribution in [1.29, 1.82) is 0 Å². The predicted molar refractivity (Wildman–Crippen MR) is 87.9 cm³/mol. The Morgan fingerprint density at radius 2 is 1.83 bits per heavy atom. The average Bonchev–Trinajstić information content (AvgIpc) is 2.79. The number of ketones is 2. The molecule has 0 amide bonds. The van der Waals surface area contributed by atoms with Crippen molar-refractivity contribution in [2.24, 2.45) is 28.1 Å². The number of ether oxygens (including phenoxy) is 1. The van der Waals surface area contributed by atoms with E-state index in [0.717, 1.165) is 25.7 Å². The number of allylic oxidation sites excluding steroid dienone is 1. The van der Waals surface area contributed by atoms with Gasteiger partial charge in [0.25, 0.3) is 0 Å². The first-order valence-electron chi connectivity index (χ1n) is 9.09.